The van der Waals surface area contributed by atoms with Gasteiger partial charge in [-0.25, -0.2) is 0 Å². The second-order valence-electron chi connectivity index (χ2n) is 5.25. The molecule has 0 aliphatic heterocycles. The average molecular weight is 220 g/mol. The van der Waals surface area contributed by atoms with Gasteiger partial charge in [0.15, 0.2) is 0 Å². The Morgan fingerprint density at radius 1 is 1.23 bits per heavy atom. The summed E-state index contributed by atoms with van der Waals surface area (Å²) in [6, 6.07) is 0.688. The van der Waals surface area contributed by atoms with Crippen molar-refractivity contribution < 1.29 is 8.24 Å². The molecule has 2 unspecified atom stereocenters. The highest BCUT2D eigenvalue weighted by atomic mass is 28.4. The minimum absolute atomic E-state index is 0.688. The van der Waals surface area contributed by atoms with E-state index in [2.05, 4.69) is 47.1 Å². The fourth-order valence-electron chi connectivity index (χ4n) is 1.96. The zero-order chi connectivity index (χ0) is 10.9. The molecule has 2 nitrogen and oxygen atoms in total. The van der Waals surface area contributed by atoms with Gasteiger partial charge in [0.25, 0.3) is 8.24 Å². The van der Waals surface area contributed by atoms with Crippen LogP contribution in [0.25, 0.3) is 0 Å². The van der Waals surface area contributed by atoms with Crippen molar-refractivity contribution in [3.63, 3.8) is 0 Å². The summed E-state index contributed by atoms with van der Waals surface area (Å²) in [4.78, 5) is 0. The zero-order valence-corrected chi connectivity index (χ0v) is 12.7. The second-order valence-corrected chi connectivity index (χ2v) is 13.8. The number of rotatable bonds is 4. The Morgan fingerprint density at radius 2 is 1.62 bits per heavy atom. The van der Waals surface area contributed by atoms with Crippen molar-refractivity contribution in [2.24, 2.45) is 0 Å². The van der Waals surface area contributed by atoms with E-state index in [1.54, 1.807) is 0 Å². The van der Waals surface area contributed by atoms with Gasteiger partial charge in [-0.05, 0) is 33.5 Å². The summed E-state index contributed by atoms with van der Waals surface area (Å²) in [5.74, 6) is 0. The van der Waals surface area contributed by atoms with E-state index in [0.29, 0.717) is 6.04 Å². The van der Waals surface area contributed by atoms with E-state index >= 15 is 0 Å². The highest BCUT2D eigenvalue weighted by Gasteiger charge is 2.46. The van der Waals surface area contributed by atoms with Gasteiger partial charge in [0.1, 0.15) is 0 Å². The van der Waals surface area contributed by atoms with Crippen LogP contribution >= 0.6 is 0 Å². The topological polar surface area (TPSA) is 9.23 Å². The van der Waals surface area contributed by atoms with Crippen LogP contribution in [0.4, 0.5) is 0 Å². The Hall–Kier alpha value is 0.354. The molecule has 0 saturated heterocycles. The first-order valence-electron chi connectivity index (χ1n) is 5.06. The molecule has 0 aromatic carbocycles. The van der Waals surface area contributed by atoms with Crippen molar-refractivity contribution in [1.29, 1.82) is 0 Å². The van der Waals surface area contributed by atoms with Crippen LogP contribution < -0.4 is 0 Å². The van der Waals surface area contributed by atoms with Gasteiger partial charge in [-0.2, -0.15) is 0 Å². The SMILES string of the molecule is CO[SiH](C)[N+](C)(C(C)C)[Si](C)(C)C. The monoisotopic (exact) mass is 220 g/mol. The van der Waals surface area contributed by atoms with Crippen molar-refractivity contribution in [2.45, 2.75) is 46.1 Å². The summed E-state index contributed by atoms with van der Waals surface area (Å²) >= 11 is 0. The van der Waals surface area contributed by atoms with E-state index in [1.807, 2.05) is 7.11 Å². The fraction of sp³-hybridized carbons (Fsp3) is 1.00. The van der Waals surface area contributed by atoms with Gasteiger partial charge in [-0.1, -0.05) is 0 Å². The van der Waals surface area contributed by atoms with Crippen LogP contribution in [0.1, 0.15) is 13.8 Å². The quantitative estimate of drug-likeness (QED) is 0.660. The number of nitrogens with zero attached hydrogens (tertiary/aromatic N) is 1. The zero-order valence-electron chi connectivity index (χ0n) is 10.5. The molecule has 0 aromatic heterocycles. The average Bonchev–Trinajstić information content (AvgIpc) is 1.98. The lowest BCUT2D eigenvalue weighted by molar-refractivity contribution is -0.735. The van der Waals surface area contributed by atoms with Crippen LogP contribution in [0.5, 0.6) is 0 Å². The maximum Gasteiger partial charge on any atom is 0.400 e. The third kappa shape index (κ3) is 2.43. The minimum Gasteiger partial charge on any atom is -0.426 e. The van der Waals surface area contributed by atoms with E-state index in [-0.39, 0.29) is 0 Å². The van der Waals surface area contributed by atoms with E-state index in [1.165, 1.54) is 3.81 Å². The normalized spacial score (nSPS) is 20.1. The fourth-order valence-corrected chi connectivity index (χ4v) is 9.47. The number of hydrogen-bond donors (Lipinski definition) is 0. The molecule has 0 saturated carbocycles. The predicted molar refractivity (Wildman–Crippen MR) is 64.7 cm³/mol. The summed E-state index contributed by atoms with van der Waals surface area (Å²) in [5, 5.41) is 0. The van der Waals surface area contributed by atoms with Crippen molar-refractivity contribution in [3.8, 4) is 0 Å². The van der Waals surface area contributed by atoms with Crippen LogP contribution in [-0.2, 0) is 4.43 Å². The molecule has 13 heavy (non-hydrogen) atoms. The van der Waals surface area contributed by atoms with Crippen LogP contribution in [0.2, 0.25) is 26.2 Å². The van der Waals surface area contributed by atoms with Gasteiger partial charge >= 0.3 is 9.20 Å². The van der Waals surface area contributed by atoms with Crippen molar-refractivity contribution in [3.05, 3.63) is 0 Å². The molecule has 0 heterocycles. The third-order valence-corrected chi connectivity index (χ3v) is 13.2. The maximum atomic E-state index is 5.65. The highest BCUT2D eigenvalue weighted by molar-refractivity contribution is 6.74. The molecule has 80 valence electrons. The van der Waals surface area contributed by atoms with Gasteiger partial charge in [0.2, 0.25) is 0 Å². The molecule has 0 amide bonds. The molecule has 0 aromatic rings. The molecule has 0 rings (SSSR count). The molecule has 4 heteroatoms. The molecule has 0 bridgehead atoms. The predicted octanol–water partition coefficient (Wildman–Crippen LogP) is 2.17. The van der Waals surface area contributed by atoms with E-state index in [9.17, 15) is 0 Å². The van der Waals surface area contributed by atoms with E-state index in [0.717, 1.165) is 0 Å². The highest BCUT2D eigenvalue weighted by Crippen LogP contribution is 2.25. The summed E-state index contributed by atoms with van der Waals surface area (Å²) in [7, 11) is 1.98. The standard InChI is InChI=1S/C9H26NOSi2/c1-9(2)10(3,12(5)11-4)13(6,7)8/h9,12H,1-8H3/q+1. The Bertz CT molecular complexity index is 167. The van der Waals surface area contributed by atoms with Gasteiger partial charge < -0.3 is 8.24 Å². The molecule has 0 radical (unpaired) electrons. The van der Waals surface area contributed by atoms with Crippen molar-refractivity contribution in [1.82, 2.24) is 0 Å². The minimum atomic E-state index is -1.18. The lowest BCUT2D eigenvalue weighted by Crippen LogP contribution is -2.71. The first kappa shape index (κ1) is 13.4. The summed E-state index contributed by atoms with van der Waals surface area (Å²) < 4.78 is 6.86. The van der Waals surface area contributed by atoms with Gasteiger partial charge in [-0.3, -0.25) is 0 Å². The first-order valence-corrected chi connectivity index (χ1v) is 10.7. The molecule has 0 aliphatic carbocycles. The van der Waals surface area contributed by atoms with Crippen molar-refractivity contribution >= 4 is 17.4 Å². The third-order valence-electron chi connectivity index (χ3n) is 3.61. The first-order chi connectivity index (χ1) is 5.67. The van der Waals surface area contributed by atoms with Crippen LogP contribution in [0, 0.1) is 0 Å². The van der Waals surface area contributed by atoms with Crippen molar-refractivity contribution in [2.75, 3.05) is 14.2 Å². The Labute approximate surface area is 86.4 Å². The summed E-state index contributed by atoms with van der Waals surface area (Å²) in [5.41, 5.74) is 0. The van der Waals surface area contributed by atoms with Gasteiger partial charge in [0.05, 0.1) is 6.04 Å². The number of quaternary nitrogens is 1. The molecule has 0 aliphatic rings. The molecule has 0 N–H and O–H groups in total. The Balaban J connectivity index is 4.96. The lowest BCUT2D eigenvalue weighted by Gasteiger charge is -2.52. The number of hydrogen-bond acceptors (Lipinski definition) is 1. The maximum absolute atomic E-state index is 5.65. The summed E-state index contributed by atoms with van der Waals surface area (Å²) in [6.07, 6.45) is 0. The lowest BCUT2D eigenvalue weighted by atomic mass is 10.4. The van der Waals surface area contributed by atoms with Gasteiger partial charge in [0, 0.05) is 20.7 Å². The van der Waals surface area contributed by atoms with Crippen LogP contribution in [-0.4, -0.2) is 41.5 Å². The second kappa shape index (κ2) is 4.25. The van der Waals surface area contributed by atoms with Crippen LogP contribution in [0.3, 0.4) is 0 Å². The molecule has 2 atom stereocenters. The molecular formula is C9H26NOSi2+. The summed E-state index contributed by atoms with van der Waals surface area (Å²) in [6.45, 7) is 14.3. The largest absolute Gasteiger partial charge is 0.426 e. The molecule has 0 fully saturated rings. The Kier molecular flexibility index (Phi) is 4.37. The van der Waals surface area contributed by atoms with Gasteiger partial charge in [-0.15, -0.1) is 0 Å². The van der Waals surface area contributed by atoms with E-state index in [4.69, 9.17) is 4.43 Å². The Morgan fingerprint density at radius 3 is 1.69 bits per heavy atom. The molecule has 0 spiro atoms. The van der Waals surface area contributed by atoms with E-state index < -0.39 is 17.4 Å². The van der Waals surface area contributed by atoms with Crippen LogP contribution in [0.15, 0.2) is 0 Å². The smallest absolute Gasteiger partial charge is 0.400 e. The molecular weight excluding hydrogens is 194 g/mol.